The van der Waals surface area contributed by atoms with Crippen LogP contribution in [0.2, 0.25) is 0 Å². The van der Waals surface area contributed by atoms with Crippen LogP contribution in [0, 0.1) is 12.8 Å². The lowest BCUT2D eigenvalue weighted by Gasteiger charge is -2.31. The molecule has 3 nitrogen and oxygen atoms in total. The Labute approximate surface area is 121 Å². The number of nitrogens with zero attached hydrogens (tertiary/aromatic N) is 2. The van der Waals surface area contributed by atoms with Crippen LogP contribution in [0.4, 0.5) is 5.95 Å². The van der Waals surface area contributed by atoms with Crippen molar-refractivity contribution in [1.29, 1.82) is 0 Å². The SMILES string of the molecule is CCC(C1CCCCC1)n1c(N)nc2cccc(C)c21. The molecule has 1 heterocycles. The fraction of sp³-hybridized carbons (Fsp3) is 0.588. The highest BCUT2D eigenvalue weighted by Crippen LogP contribution is 2.38. The molecule has 3 heteroatoms. The number of nitrogens with two attached hydrogens (primary N) is 1. The summed E-state index contributed by atoms with van der Waals surface area (Å²) >= 11 is 0. The van der Waals surface area contributed by atoms with E-state index in [1.54, 1.807) is 0 Å². The lowest BCUT2D eigenvalue weighted by molar-refractivity contribution is 0.248. The first-order valence-corrected chi connectivity index (χ1v) is 7.95. The van der Waals surface area contributed by atoms with Crippen LogP contribution in [0.1, 0.15) is 57.1 Å². The van der Waals surface area contributed by atoms with E-state index in [9.17, 15) is 0 Å². The molecular weight excluding hydrogens is 246 g/mol. The van der Waals surface area contributed by atoms with Crippen molar-refractivity contribution in [2.24, 2.45) is 5.92 Å². The maximum atomic E-state index is 6.26. The predicted molar refractivity (Wildman–Crippen MR) is 84.8 cm³/mol. The van der Waals surface area contributed by atoms with Gasteiger partial charge in [-0.1, -0.05) is 38.3 Å². The van der Waals surface area contributed by atoms with Crippen molar-refractivity contribution in [2.75, 3.05) is 5.73 Å². The van der Waals surface area contributed by atoms with E-state index in [0.717, 1.165) is 17.9 Å². The summed E-state index contributed by atoms with van der Waals surface area (Å²) in [4.78, 5) is 4.58. The van der Waals surface area contributed by atoms with Gasteiger partial charge in [-0.2, -0.15) is 0 Å². The lowest BCUT2D eigenvalue weighted by Crippen LogP contribution is -2.22. The number of hydrogen-bond donors (Lipinski definition) is 1. The van der Waals surface area contributed by atoms with Crippen LogP contribution in [-0.2, 0) is 0 Å². The Morgan fingerprint density at radius 3 is 2.75 bits per heavy atom. The zero-order chi connectivity index (χ0) is 14.1. The molecule has 2 aromatic rings. The van der Waals surface area contributed by atoms with Gasteiger partial charge in [-0.25, -0.2) is 4.98 Å². The number of anilines is 1. The van der Waals surface area contributed by atoms with Gasteiger partial charge < -0.3 is 10.3 Å². The number of aryl methyl sites for hydroxylation is 1. The van der Waals surface area contributed by atoms with Crippen LogP contribution in [0.5, 0.6) is 0 Å². The van der Waals surface area contributed by atoms with Crippen molar-refractivity contribution >= 4 is 17.0 Å². The Morgan fingerprint density at radius 2 is 2.05 bits per heavy atom. The Balaban J connectivity index is 2.08. The molecule has 1 fully saturated rings. The Kier molecular flexibility index (Phi) is 3.68. The number of hydrogen-bond acceptors (Lipinski definition) is 2. The van der Waals surface area contributed by atoms with E-state index in [-0.39, 0.29) is 0 Å². The third-order valence-corrected chi connectivity index (χ3v) is 4.88. The van der Waals surface area contributed by atoms with E-state index in [1.807, 2.05) is 0 Å². The van der Waals surface area contributed by atoms with E-state index in [4.69, 9.17) is 5.73 Å². The van der Waals surface area contributed by atoms with Crippen molar-refractivity contribution < 1.29 is 0 Å². The summed E-state index contributed by atoms with van der Waals surface area (Å²) in [7, 11) is 0. The summed E-state index contributed by atoms with van der Waals surface area (Å²) in [6, 6.07) is 6.80. The third kappa shape index (κ3) is 2.19. The van der Waals surface area contributed by atoms with Gasteiger partial charge in [-0.3, -0.25) is 0 Å². The molecule has 20 heavy (non-hydrogen) atoms. The highest BCUT2D eigenvalue weighted by molar-refractivity contribution is 5.81. The van der Waals surface area contributed by atoms with Crippen LogP contribution in [-0.4, -0.2) is 9.55 Å². The second kappa shape index (κ2) is 5.47. The quantitative estimate of drug-likeness (QED) is 0.895. The number of nitrogen functional groups attached to an aromatic ring is 1. The molecular formula is C17H25N3. The van der Waals surface area contributed by atoms with E-state index in [1.165, 1.54) is 43.2 Å². The van der Waals surface area contributed by atoms with Gasteiger partial charge in [0, 0.05) is 6.04 Å². The molecule has 0 bridgehead atoms. The van der Waals surface area contributed by atoms with Crippen molar-refractivity contribution in [2.45, 2.75) is 58.4 Å². The largest absolute Gasteiger partial charge is 0.369 e. The van der Waals surface area contributed by atoms with Crippen molar-refractivity contribution in [3.8, 4) is 0 Å². The van der Waals surface area contributed by atoms with Gasteiger partial charge in [0.15, 0.2) is 0 Å². The zero-order valence-electron chi connectivity index (χ0n) is 12.6. The number of fused-ring (bicyclic) bond motifs is 1. The predicted octanol–water partition coefficient (Wildman–Crippen LogP) is 4.46. The van der Waals surface area contributed by atoms with Crippen LogP contribution in [0.15, 0.2) is 18.2 Å². The standard InChI is InChI=1S/C17H25N3/c1-3-15(13-9-5-4-6-10-13)20-16-12(2)8-7-11-14(16)19-17(20)18/h7-8,11,13,15H,3-6,9-10H2,1-2H3,(H2,18,19). The summed E-state index contributed by atoms with van der Waals surface area (Å²) < 4.78 is 2.32. The van der Waals surface area contributed by atoms with Crippen LogP contribution in [0.25, 0.3) is 11.0 Å². The van der Waals surface area contributed by atoms with Gasteiger partial charge in [0.2, 0.25) is 5.95 Å². The van der Waals surface area contributed by atoms with Crippen molar-refractivity contribution in [1.82, 2.24) is 9.55 Å². The van der Waals surface area contributed by atoms with Gasteiger partial charge in [0.05, 0.1) is 11.0 Å². The lowest BCUT2D eigenvalue weighted by atomic mass is 9.82. The number of rotatable bonds is 3. The van der Waals surface area contributed by atoms with Crippen molar-refractivity contribution in [3.63, 3.8) is 0 Å². The molecule has 1 saturated carbocycles. The third-order valence-electron chi connectivity index (χ3n) is 4.88. The molecule has 108 valence electrons. The molecule has 1 unspecified atom stereocenters. The first-order valence-electron chi connectivity index (χ1n) is 7.95. The van der Waals surface area contributed by atoms with Crippen LogP contribution < -0.4 is 5.73 Å². The molecule has 1 atom stereocenters. The summed E-state index contributed by atoms with van der Waals surface area (Å²) in [5, 5.41) is 0. The van der Waals surface area contributed by atoms with Gasteiger partial charge in [0.1, 0.15) is 0 Å². The van der Waals surface area contributed by atoms with Gasteiger partial charge in [0.25, 0.3) is 0 Å². The molecule has 0 aliphatic heterocycles. The fourth-order valence-electron chi connectivity index (χ4n) is 3.92. The molecule has 0 spiro atoms. The Bertz CT molecular complexity index is 594. The van der Waals surface area contributed by atoms with Gasteiger partial charge in [-0.05, 0) is 43.7 Å². The summed E-state index contributed by atoms with van der Waals surface area (Å²) in [5.74, 6) is 1.44. The molecule has 0 radical (unpaired) electrons. The molecule has 1 aromatic heterocycles. The second-order valence-electron chi connectivity index (χ2n) is 6.16. The first-order chi connectivity index (χ1) is 9.72. The maximum absolute atomic E-state index is 6.26. The molecule has 0 amide bonds. The zero-order valence-corrected chi connectivity index (χ0v) is 12.6. The monoisotopic (exact) mass is 271 g/mol. The number of imidazole rings is 1. The van der Waals surface area contributed by atoms with E-state index >= 15 is 0 Å². The molecule has 1 aromatic carbocycles. The summed E-state index contributed by atoms with van der Waals surface area (Å²) in [5.41, 5.74) is 9.81. The van der Waals surface area contributed by atoms with Gasteiger partial charge in [-0.15, -0.1) is 0 Å². The van der Waals surface area contributed by atoms with Crippen LogP contribution >= 0.6 is 0 Å². The molecule has 0 saturated heterocycles. The van der Waals surface area contributed by atoms with E-state index in [2.05, 4.69) is 41.6 Å². The minimum absolute atomic E-state index is 0.501. The highest BCUT2D eigenvalue weighted by atomic mass is 15.2. The molecule has 1 aliphatic carbocycles. The normalized spacial score (nSPS) is 18.5. The van der Waals surface area contributed by atoms with E-state index < -0.39 is 0 Å². The Morgan fingerprint density at radius 1 is 1.30 bits per heavy atom. The van der Waals surface area contributed by atoms with Crippen molar-refractivity contribution in [3.05, 3.63) is 23.8 Å². The average Bonchev–Trinajstić information content (AvgIpc) is 2.79. The topological polar surface area (TPSA) is 43.8 Å². The summed E-state index contributed by atoms with van der Waals surface area (Å²) in [6.45, 7) is 4.44. The highest BCUT2D eigenvalue weighted by Gasteiger charge is 2.27. The molecule has 2 N–H and O–H groups in total. The second-order valence-corrected chi connectivity index (χ2v) is 6.16. The molecule has 1 aliphatic rings. The average molecular weight is 271 g/mol. The smallest absolute Gasteiger partial charge is 0.201 e. The Hall–Kier alpha value is -1.51. The maximum Gasteiger partial charge on any atom is 0.201 e. The van der Waals surface area contributed by atoms with Gasteiger partial charge >= 0.3 is 0 Å². The fourth-order valence-corrected chi connectivity index (χ4v) is 3.92. The van der Waals surface area contributed by atoms with E-state index in [0.29, 0.717) is 12.0 Å². The number of benzene rings is 1. The number of para-hydroxylation sites is 1. The van der Waals surface area contributed by atoms with Crippen LogP contribution in [0.3, 0.4) is 0 Å². The minimum atomic E-state index is 0.501. The first kappa shape index (κ1) is 13.5. The minimum Gasteiger partial charge on any atom is -0.369 e. The molecule has 3 rings (SSSR count). The summed E-state index contributed by atoms with van der Waals surface area (Å²) in [6.07, 6.45) is 7.94. The number of aromatic nitrogens is 2.